The fourth-order valence-electron chi connectivity index (χ4n) is 2.29. The lowest BCUT2D eigenvalue weighted by molar-refractivity contribution is -0.135. The second-order valence-corrected chi connectivity index (χ2v) is 7.31. The minimum atomic E-state index is -0.648. The zero-order chi connectivity index (χ0) is 21.5. The Morgan fingerprint density at radius 1 is 1.30 bits per heavy atom. The molecular formula is C20H15ClFN3O4S. The van der Waals surface area contributed by atoms with E-state index in [1.165, 1.54) is 25.5 Å². The average Bonchev–Trinajstić information content (AvgIpc) is 3.06. The van der Waals surface area contributed by atoms with Crippen molar-refractivity contribution in [1.82, 2.24) is 5.32 Å². The van der Waals surface area contributed by atoms with E-state index in [2.05, 4.69) is 20.3 Å². The molecule has 10 heteroatoms. The Balaban J connectivity index is 1.61. The normalized spacial score (nSPS) is 16.3. The molecule has 30 heavy (non-hydrogen) atoms. The largest absolute Gasteiger partial charge is 0.486 e. The van der Waals surface area contributed by atoms with Crippen molar-refractivity contribution < 1.29 is 23.5 Å². The van der Waals surface area contributed by atoms with Gasteiger partial charge in [0.25, 0.3) is 5.91 Å². The number of halogens is 2. The molecule has 2 aromatic carbocycles. The molecule has 7 nitrogen and oxygen atoms in total. The van der Waals surface area contributed by atoms with Crippen LogP contribution in [0.4, 0.5) is 4.39 Å². The number of carbonyl (C=O) groups excluding carboxylic acids is 2. The third-order valence-corrected chi connectivity index (χ3v) is 4.83. The van der Waals surface area contributed by atoms with Crippen molar-refractivity contribution in [2.75, 3.05) is 7.11 Å². The lowest BCUT2D eigenvalue weighted by Crippen LogP contribution is -2.19. The highest BCUT2D eigenvalue weighted by Gasteiger charge is 2.25. The van der Waals surface area contributed by atoms with Crippen LogP contribution in [0, 0.1) is 5.82 Å². The first kappa shape index (κ1) is 21.5. The summed E-state index contributed by atoms with van der Waals surface area (Å²) in [5, 5.41) is 10.9. The van der Waals surface area contributed by atoms with Gasteiger partial charge in [-0.25, -0.2) is 9.18 Å². The second kappa shape index (κ2) is 10.0. The molecular weight excluding hydrogens is 433 g/mol. The zero-order valence-corrected chi connectivity index (χ0v) is 17.2. The molecule has 1 fully saturated rings. The van der Waals surface area contributed by atoms with Gasteiger partial charge in [-0.3, -0.25) is 10.1 Å². The Hall–Kier alpha value is -3.17. The zero-order valence-electron chi connectivity index (χ0n) is 15.6. The SMILES string of the molecule is COC(=O)/C=C1/S/C(=N\N=Cc2ccc(OCc3cccc(Cl)c3)c(F)c2)NC1=O. The van der Waals surface area contributed by atoms with Crippen LogP contribution in [0.3, 0.4) is 0 Å². The molecule has 0 aliphatic carbocycles. The van der Waals surface area contributed by atoms with E-state index >= 15 is 0 Å². The van der Waals surface area contributed by atoms with Gasteiger partial charge in [0.15, 0.2) is 16.7 Å². The number of nitrogens with one attached hydrogen (secondary N) is 1. The molecule has 0 aromatic heterocycles. The van der Waals surface area contributed by atoms with Crippen molar-refractivity contribution in [1.29, 1.82) is 0 Å². The number of rotatable bonds is 6. The minimum absolute atomic E-state index is 0.0923. The summed E-state index contributed by atoms with van der Waals surface area (Å²) < 4.78 is 24.2. The summed E-state index contributed by atoms with van der Waals surface area (Å²) in [7, 11) is 1.21. The average molecular weight is 448 g/mol. The summed E-state index contributed by atoms with van der Waals surface area (Å²) in [4.78, 5) is 23.1. The smallest absolute Gasteiger partial charge is 0.331 e. The van der Waals surface area contributed by atoms with E-state index in [9.17, 15) is 14.0 Å². The van der Waals surface area contributed by atoms with Crippen LogP contribution in [0.15, 0.2) is 63.6 Å². The topological polar surface area (TPSA) is 89.3 Å². The maximum absolute atomic E-state index is 14.3. The summed E-state index contributed by atoms with van der Waals surface area (Å²) >= 11 is 6.86. The van der Waals surface area contributed by atoms with Gasteiger partial charge in [-0.05, 0) is 53.2 Å². The first-order valence-corrected chi connectivity index (χ1v) is 9.70. The standard InChI is InChI=1S/C20H15ClFN3O4S/c1-28-18(26)9-17-19(27)24-20(30-17)25-23-10-12-5-6-16(15(22)8-12)29-11-13-3-2-4-14(21)7-13/h2-10H,11H2,1H3,(H,24,25,27)/b17-9+,23-10?. The van der Waals surface area contributed by atoms with Crippen molar-refractivity contribution in [3.63, 3.8) is 0 Å². The Bertz CT molecular complexity index is 1070. The molecule has 1 N–H and O–H groups in total. The number of ether oxygens (including phenoxy) is 2. The third kappa shape index (κ3) is 5.91. The monoisotopic (exact) mass is 447 g/mol. The van der Waals surface area contributed by atoms with E-state index in [4.69, 9.17) is 16.3 Å². The second-order valence-electron chi connectivity index (χ2n) is 5.85. The van der Waals surface area contributed by atoms with Crippen LogP contribution in [0.25, 0.3) is 0 Å². The quantitative estimate of drug-likeness (QED) is 0.316. The number of nitrogens with zero attached hydrogens (tertiary/aromatic N) is 2. The fraction of sp³-hybridized carbons (Fsp3) is 0.100. The Kier molecular flexibility index (Phi) is 7.21. The first-order valence-electron chi connectivity index (χ1n) is 8.51. The molecule has 0 bridgehead atoms. The summed E-state index contributed by atoms with van der Waals surface area (Å²) in [6.45, 7) is 0.177. The molecule has 0 atom stereocenters. The number of methoxy groups -OCH3 is 1. The van der Waals surface area contributed by atoms with E-state index in [0.717, 1.165) is 23.4 Å². The summed E-state index contributed by atoms with van der Waals surface area (Å²) in [5.41, 5.74) is 1.27. The van der Waals surface area contributed by atoms with Crippen molar-refractivity contribution in [2.24, 2.45) is 10.2 Å². The predicted octanol–water partition coefficient (Wildman–Crippen LogP) is 3.67. The van der Waals surface area contributed by atoms with Gasteiger partial charge in [0.2, 0.25) is 0 Å². The van der Waals surface area contributed by atoms with Gasteiger partial charge in [-0.2, -0.15) is 5.10 Å². The van der Waals surface area contributed by atoms with Gasteiger partial charge in [0, 0.05) is 11.1 Å². The minimum Gasteiger partial charge on any atom is -0.486 e. The molecule has 0 unspecified atom stereocenters. The Labute approximate surface area is 180 Å². The molecule has 1 amide bonds. The molecule has 2 aromatic rings. The summed E-state index contributed by atoms with van der Waals surface area (Å²) in [6.07, 6.45) is 2.38. The van der Waals surface area contributed by atoms with Crippen molar-refractivity contribution in [2.45, 2.75) is 6.61 Å². The van der Waals surface area contributed by atoms with E-state index in [-0.39, 0.29) is 22.4 Å². The Morgan fingerprint density at radius 3 is 2.87 bits per heavy atom. The van der Waals surface area contributed by atoms with E-state index in [0.29, 0.717) is 10.6 Å². The predicted molar refractivity (Wildman–Crippen MR) is 113 cm³/mol. The van der Waals surface area contributed by atoms with Crippen molar-refractivity contribution >= 4 is 46.6 Å². The first-order chi connectivity index (χ1) is 14.4. The lowest BCUT2D eigenvalue weighted by atomic mass is 10.2. The molecule has 154 valence electrons. The summed E-state index contributed by atoms with van der Waals surface area (Å²) in [6, 6.07) is 11.5. The van der Waals surface area contributed by atoms with Crippen molar-refractivity contribution in [3.05, 3.63) is 75.4 Å². The number of hydrogen-bond acceptors (Lipinski definition) is 7. The molecule has 1 aliphatic heterocycles. The number of hydrogen-bond donors (Lipinski definition) is 1. The maximum Gasteiger partial charge on any atom is 0.331 e. The number of thioether (sulfide) groups is 1. The van der Waals surface area contributed by atoms with Crippen LogP contribution < -0.4 is 10.1 Å². The molecule has 1 heterocycles. The van der Waals surface area contributed by atoms with Crippen LogP contribution in [0.5, 0.6) is 5.75 Å². The van der Waals surface area contributed by atoms with Crippen LogP contribution in [0.1, 0.15) is 11.1 Å². The number of esters is 1. The van der Waals surface area contributed by atoms with Gasteiger partial charge < -0.3 is 9.47 Å². The third-order valence-electron chi connectivity index (χ3n) is 3.70. The lowest BCUT2D eigenvalue weighted by Gasteiger charge is -2.08. The van der Waals surface area contributed by atoms with Crippen LogP contribution in [-0.2, 0) is 20.9 Å². The molecule has 3 rings (SSSR count). The van der Waals surface area contributed by atoms with Gasteiger partial charge in [-0.15, -0.1) is 5.10 Å². The molecule has 0 radical (unpaired) electrons. The van der Waals surface area contributed by atoms with E-state index in [1.54, 1.807) is 24.3 Å². The fourth-order valence-corrected chi connectivity index (χ4v) is 3.24. The Morgan fingerprint density at radius 2 is 2.13 bits per heavy atom. The van der Waals surface area contributed by atoms with E-state index in [1.807, 2.05) is 6.07 Å². The molecule has 0 spiro atoms. The van der Waals surface area contributed by atoms with Gasteiger partial charge in [-0.1, -0.05) is 23.7 Å². The van der Waals surface area contributed by atoms with E-state index < -0.39 is 17.7 Å². The number of amidine groups is 1. The number of amides is 1. The van der Waals surface area contributed by atoms with Gasteiger partial charge >= 0.3 is 5.97 Å². The van der Waals surface area contributed by atoms with Gasteiger partial charge in [0.1, 0.15) is 6.61 Å². The summed E-state index contributed by atoms with van der Waals surface area (Å²) in [5.74, 6) is -1.59. The van der Waals surface area contributed by atoms with Crippen LogP contribution >= 0.6 is 23.4 Å². The highest BCUT2D eigenvalue weighted by molar-refractivity contribution is 8.18. The molecule has 1 aliphatic rings. The molecule has 0 saturated carbocycles. The van der Waals surface area contributed by atoms with Crippen LogP contribution in [-0.4, -0.2) is 30.4 Å². The van der Waals surface area contributed by atoms with Gasteiger partial charge in [0.05, 0.1) is 18.2 Å². The highest BCUT2D eigenvalue weighted by atomic mass is 35.5. The number of benzene rings is 2. The highest BCUT2D eigenvalue weighted by Crippen LogP contribution is 2.23. The number of carbonyl (C=O) groups is 2. The van der Waals surface area contributed by atoms with Crippen molar-refractivity contribution in [3.8, 4) is 5.75 Å². The molecule has 1 saturated heterocycles. The van der Waals surface area contributed by atoms with Crippen LogP contribution in [0.2, 0.25) is 5.02 Å². The maximum atomic E-state index is 14.3.